The van der Waals surface area contributed by atoms with Gasteiger partial charge in [-0.1, -0.05) is 61.9 Å². The molecule has 0 aliphatic heterocycles. The van der Waals surface area contributed by atoms with Gasteiger partial charge in [0.1, 0.15) is 10.9 Å². The summed E-state index contributed by atoms with van der Waals surface area (Å²) in [5, 5.41) is 9.86. The van der Waals surface area contributed by atoms with Crippen LogP contribution in [0.5, 0.6) is 0 Å². The van der Waals surface area contributed by atoms with E-state index in [1.807, 2.05) is 39.0 Å². The van der Waals surface area contributed by atoms with Crippen molar-refractivity contribution in [2.24, 2.45) is 4.99 Å². The molecule has 7 heteroatoms. The van der Waals surface area contributed by atoms with E-state index in [-0.39, 0.29) is 11.5 Å². The van der Waals surface area contributed by atoms with Gasteiger partial charge in [-0.05, 0) is 84.6 Å². The highest BCUT2D eigenvalue weighted by molar-refractivity contribution is 6.31. The molecular weight excluding hydrogens is 506 g/mol. The normalized spacial score (nSPS) is 15.8. The number of aromatic nitrogens is 3. The maximum absolute atomic E-state index is 6.41. The molecule has 0 spiro atoms. The zero-order chi connectivity index (χ0) is 29.4. The largest absolute Gasteiger partial charge is 0.474 e. The molecule has 1 fully saturated rings. The molecule has 1 atom stereocenters. The summed E-state index contributed by atoms with van der Waals surface area (Å²) in [7, 11) is 0. The van der Waals surface area contributed by atoms with E-state index in [1.165, 1.54) is 11.1 Å². The molecular formula is C32H50ClN5O. The van der Waals surface area contributed by atoms with Gasteiger partial charge in [-0.2, -0.15) is 0 Å². The van der Waals surface area contributed by atoms with Crippen LogP contribution < -0.4 is 4.90 Å². The number of allylic oxidation sites excluding steroid dienone is 8. The molecule has 1 aromatic rings. The van der Waals surface area contributed by atoms with Crippen LogP contribution in [-0.2, 0) is 16.7 Å². The Morgan fingerprint density at radius 2 is 1.87 bits per heavy atom. The number of nitrogens with zero attached hydrogens (tertiary/aromatic N) is 5. The highest BCUT2D eigenvalue weighted by Gasteiger charge is 2.50. The minimum atomic E-state index is -0.0741. The third kappa shape index (κ3) is 9.68. The molecule has 0 bridgehead atoms. The van der Waals surface area contributed by atoms with Crippen LogP contribution >= 0.6 is 11.6 Å². The molecule has 0 amide bonds. The zero-order valence-corrected chi connectivity index (χ0v) is 25.9. The number of hydrogen-bond acceptors (Lipinski definition) is 5. The predicted molar refractivity (Wildman–Crippen MR) is 170 cm³/mol. The van der Waals surface area contributed by atoms with Crippen LogP contribution in [0.25, 0.3) is 0 Å². The Morgan fingerprint density at radius 3 is 2.36 bits per heavy atom. The monoisotopic (exact) mass is 555 g/mol. The van der Waals surface area contributed by atoms with Crippen LogP contribution in [0.4, 0.5) is 5.95 Å². The van der Waals surface area contributed by atoms with Crippen LogP contribution in [0.2, 0.25) is 0 Å². The molecule has 1 aliphatic carbocycles. The minimum Gasteiger partial charge on any atom is -0.474 e. The van der Waals surface area contributed by atoms with Gasteiger partial charge in [0.2, 0.25) is 11.8 Å². The summed E-state index contributed by atoms with van der Waals surface area (Å²) in [6.07, 6.45) is 15.5. The second-order valence-corrected chi connectivity index (χ2v) is 10.3. The van der Waals surface area contributed by atoms with Gasteiger partial charge in [0, 0.05) is 19.6 Å². The number of aliphatic imine (C=N–C) groups is 1. The van der Waals surface area contributed by atoms with E-state index in [0.29, 0.717) is 17.5 Å². The SMILES string of the molecule is C=CC.C=CCn1c(N(CCC)CCCC(C)O/C(N=C)=C(Cl)/C=C(/C)CC)nnc1C1(/C(C=C)=C/C)CC1. The number of rotatable bonds is 17. The standard InChI is InChI=1S/C29H44ClN5O.C3H6/c1-9-18-34(20-14-15-23(7)36-26(31-8)25(30)21-22(6)11-3)28-33-32-27(35(28)19-10-2)29(16-17-29)24(12-4)13-5;1-3-2/h10,12-13,21,23H,2,4,8-9,11,14-20H2,1,3,5-7H3;3H,1H2,2H3/b22-21-,24-13+,26-25-;. The number of hydrogen-bond donors (Lipinski definition) is 0. The molecule has 0 N–H and O–H groups in total. The Kier molecular flexibility index (Phi) is 15.5. The quantitative estimate of drug-likeness (QED) is 0.0834. The zero-order valence-electron chi connectivity index (χ0n) is 25.2. The average Bonchev–Trinajstić information content (AvgIpc) is 3.60. The van der Waals surface area contributed by atoms with Crippen LogP contribution in [-0.4, -0.2) is 40.7 Å². The molecule has 0 saturated heterocycles. The number of halogens is 1. The summed E-state index contributed by atoms with van der Waals surface area (Å²) < 4.78 is 8.25. The van der Waals surface area contributed by atoms with Crippen molar-refractivity contribution in [1.29, 1.82) is 0 Å². The summed E-state index contributed by atoms with van der Waals surface area (Å²) >= 11 is 6.41. The van der Waals surface area contributed by atoms with Crippen molar-refractivity contribution in [3.63, 3.8) is 0 Å². The molecule has 1 heterocycles. The second kappa shape index (κ2) is 17.7. The topological polar surface area (TPSA) is 55.5 Å². The van der Waals surface area contributed by atoms with E-state index in [1.54, 1.807) is 6.08 Å². The van der Waals surface area contributed by atoms with Crippen LogP contribution in [0, 0.1) is 0 Å². The summed E-state index contributed by atoms with van der Waals surface area (Å²) in [4.78, 5) is 6.33. The smallest absolute Gasteiger partial charge is 0.232 e. The Hall–Kier alpha value is -2.86. The van der Waals surface area contributed by atoms with Crippen molar-refractivity contribution in [1.82, 2.24) is 14.8 Å². The number of ether oxygens (including phenoxy) is 1. The molecule has 6 nitrogen and oxygen atoms in total. The van der Waals surface area contributed by atoms with Crippen molar-refractivity contribution < 1.29 is 4.74 Å². The summed E-state index contributed by atoms with van der Waals surface area (Å²) in [6, 6.07) is 0. The number of anilines is 1. The lowest BCUT2D eigenvalue weighted by atomic mass is 9.94. The summed E-state index contributed by atoms with van der Waals surface area (Å²) in [6.45, 7) is 29.7. The molecule has 216 valence electrons. The maximum atomic E-state index is 6.41. The van der Waals surface area contributed by atoms with Gasteiger partial charge in [-0.25, -0.2) is 4.99 Å². The van der Waals surface area contributed by atoms with Gasteiger partial charge in [-0.3, -0.25) is 4.57 Å². The van der Waals surface area contributed by atoms with Crippen LogP contribution in [0.3, 0.4) is 0 Å². The predicted octanol–water partition coefficient (Wildman–Crippen LogP) is 8.69. The lowest BCUT2D eigenvalue weighted by Crippen LogP contribution is -2.30. The molecule has 1 aliphatic rings. The molecule has 0 aromatic carbocycles. The molecule has 1 unspecified atom stereocenters. The second-order valence-electron chi connectivity index (χ2n) is 9.87. The van der Waals surface area contributed by atoms with E-state index in [4.69, 9.17) is 21.4 Å². The van der Waals surface area contributed by atoms with Gasteiger partial charge in [-0.15, -0.1) is 23.4 Å². The van der Waals surface area contributed by atoms with Crippen LogP contribution in [0.15, 0.2) is 77.2 Å². The molecule has 1 aromatic heterocycles. The first-order valence-electron chi connectivity index (χ1n) is 14.1. The average molecular weight is 556 g/mol. The Morgan fingerprint density at radius 1 is 1.21 bits per heavy atom. The first-order valence-corrected chi connectivity index (χ1v) is 14.5. The van der Waals surface area contributed by atoms with Crippen molar-refractivity contribution in [3.05, 3.63) is 78.0 Å². The first-order chi connectivity index (χ1) is 18.7. The molecule has 1 saturated carbocycles. The Labute approximate surface area is 242 Å². The first kappa shape index (κ1) is 34.2. The fraction of sp³-hybridized carbons (Fsp3) is 0.531. The lowest BCUT2D eigenvalue weighted by Gasteiger charge is -2.25. The highest BCUT2D eigenvalue weighted by atomic mass is 35.5. The van der Waals surface area contributed by atoms with Crippen molar-refractivity contribution in [2.75, 3.05) is 18.0 Å². The van der Waals surface area contributed by atoms with Gasteiger partial charge in [0.15, 0.2) is 0 Å². The van der Waals surface area contributed by atoms with E-state index in [9.17, 15) is 0 Å². The van der Waals surface area contributed by atoms with E-state index in [0.717, 1.165) is 63.4 Å². The van der Waals surface area contributed by atoms with E-state index in [2.05, 4.69) is 72.9 Å². The van der Waals surface area contributed by atoms with Gasteiger partial charge >= 0.3 is 0 Å². The fourth-order valence-electron chi connectivity index (χ4n) is 4.49. The highest BCUT2D eigenvalue weighted by Crippen LogP contribution is 2.54. The Bertz CT molecular complexity index is 1040. The molecule has 0 radical (unpaired) electrons. The Balaban J connectivity index is 0.00000242. The molecule has 2 rings (SSSR count). The summed E-state index contributed by atoms with van der Waals surface area (Å²) in [5.41, 5.74) is 2.32. The van der Waals surface area contributed by atoms with E-state index < -0.39 is 0 Å². The third-order valence-corrected chi connectivity index (χ3v) is 6.98. The van der Waals surface area contributed by atoms with Crippen molar-refractivity contribution >= 4 is 24.3 Å². The fourth-order valence-corrected chi connectivity index (χ4v) is 4.78. The van der Waals surface area contributed by atoms with E-state index >= 15 is 0 Å². The third-order valence-electron chi connectivity index (χ3n) is 6.71. The minimum absolute atomic E-state index is 0.0424. The van der Waals surface area contributed by atoms with Gasteiger partial charge in [0.25, 0.3) is 0 Å². The van der Waals surface area contributed by atoms with Crippen molar-refractivity contribution in [3.8, 4) is 0 Å². The maximum Gasteiger partial charge on any atom is 0.232 e. The molecule has 39 heavy (non-hydrogen) atoms. The van der Waals surface area contributed by atoms with Gasteiger partial charge < -0.3 is 9.64 Å². The summed E-state index contributed by atoms with van der Waals surface area (Å²) in [5.74, 6) is 2.30. The van der Waals surface area contributed by atoms with Crippen LogP contribution in [0.1, 0.15) is 85.9 Å². The van der Waals surface area contributed by atoms with Gasteiger partial charge in [0.05, 0.1) is 11.5 Å². The lowest BCUT2D eigenvalue weighted by molar-refractivity contribution is 0.120. The van der Waals surface area contributed by atoms with Crippen molar-refractivity contribution in [2.45, 2.75) is 98.1 Å².